The topological polar surface area (TPSA) is 97.6 Å². The van der Waals surface area contributed by atoms with Gasteiger partial charge in [0.05, 0.1) is 24.4 Å². The highest BCUT2D eigenvalue weighted by molar-refractivity contribution is 5.95. The van der Waals surface area contributed by atoms with Crippen LogP contribution in [0.25, 0.3) is 5.69 Å². The highest BCUT2D eigenvalue weighted by Gasteiger charge is 2.33. The van der Waals surface area contributed by atoms with Gasteiger partial charge in [0.2, 0.25) is 5.91 Å². The van der Waals surface area contributed by atoms with E-state index in [4.69, 9.17) is 4.74 Å². The lowest BCUT2D eigenvalue weighted by atomic mass is 10.3. The molecular weight excluding hydrogens is 362 g/mol. The van der Waals surface area contributed by atoms with E-state index in [-0.39, 0.29) is 37.0 Å². The molecule has 1 aliphatic heterocycles. The molecule has 1 aromatic carbocycles. The Morgan fingerprint density at radius 3 is 2.46 bits per heavy atom. The molecule has 3 rings (SSSR count). The minimum Gasteiger partial charge on any atom is -0.466 e. The van der Waals surface area contributed by atoms with E-state index < -0.39 is 5.97 Å². The third kappa shape index (κ3) is 4.19. The van der Waals surface area contributed by atoms with Crippen LogP contribution in [0.2, 0.25) is 0 Å². The zero-order chi connectivity index (χ0) is 20.1. The van der Waals surface area contributed by atoms with Gasteiger partial charge in [-0.15, -0.1) is 5.10 Å². The summed E-state index contributed by atoms with van der Waals surface area (Å²) in [5, 5.41) is 11.4. The first kappa shape index (κ1) is 19.5. The van der Waals surface area contributed by atoms with Crippen LogP contribution in [0.5, 0.6) is 0 Å². The second-order valence-electron chi connectivity index (χ2n) is 6.36. The van der Waals surface area contributed by atoms with E-state index in [1.165, 1.54) is 14.8 Å². The number of benzene rings is 1. The number of para-hydroxylation sites is 1. The monoisotopic (exact) mass is 385 g/mol. The van der Waals surface area contributed by atoms with Crippen molar-refractivity contribution in [3.8, 4) is 5.69 Å². The van der Waals surface area contributed by atoms with Crippen molar-refractivity contribution in [2.24, 2.45) is 0 Å². The van der Waals surface area contributed by atoms with Crippen molar-refractivity contribution in [1.29, 1.82) is 0 Å². The summed E-state index contributed by atoms with van der Waals surface area (Å²) < 4.78 is 4.85. The average molecular weight is 385 g/mol. The van der Waals surface area contributed by atoms with E-state index in [1.54, 1.807) is 13.8 Å². The molecule has 1 saturated heterocycles. The second-order valence-corrected chi connectivity index (χ2v) is 6.36. The normalized spacial score (nSPS) is 13.6. The third-order valence-corrected chi connectivity index (χ3v) is 4.37. The summed E-state index contributed by atoms with van der Waals surface area (Å²) in [7, 11) is 0. The number of nitrogens with zero attached hydrogens (tertiary/aromatic N) is 5. The Labute approximate surface area is 162 Å². The smallest absolute Gasteiger partial charge is 0.306 e. The fourth-order valence-corrected chi connectivity index (χ4v) is 3.03. The zero-order valence-corrected chi connectivity index (χ0v) is 16.0. The maximum Gasteiger partial charge on any atom is 0.306 e. The molecule has 148 valence electrons. The van der Waals surface area contributed by atoms with Crippen molar-refractivity contribution in [3.05, 3.63) is 41.7 Å². The zero-order valence-electron chi connectivity index (χ0n) is 16.0. The van der Waals surface area contributed by atoms with Crippen molar-refractivity contribution in [3.63, 3.8) is 0 Å². The summed E-state index contributed by atoms with van der Waals surface area (Å²) in [6, 6.07) is 9.29. The molecule has 0 saturated carbocycles. The molecule has 1 aliphatic rings. The van der Waals surface area contributed by atoms with E-state index in [0.29, 0.717) is 25.2 Å². The largest absolute Gasteiger partial charge is 0.466 e. The summed E-state index contributed by atoms with van der Waals surface area (Å²) in [6.07, 6.45) is 0.662. The van der Waals surface area contributed by atoms with Gasteiger partial charge in [-0.2, -0.15) is 9.90 Å². The first-order valence-corrected chi connectivity index (χ1v) is 9.28. The molecular formula is C19H23N5O4. The number of amides is 2. The summed E-state index contributed by atoms with van der Waals surface area (Å²) in [5.74, 6) is -1.08. The Morgan fingerprint density at radius 2 is 1.75 bits per heavy atom. The molecule has 0 aliphatic carbocycles. The van der Waals surface area contributed by atoms with Gasteiger partial charge in [-0.1, -0.05) is 18.2 Å². The Balaban J connectivity index is 1.72. The number of esters is 1. The fourth-order valence-electron chi connectivity index (χ4n) is 3.03. The molecule has 1 aromatic heterocycles. The number of ether oxygens (including phenoxy) is 1. The van der Waals surface area contributed by atoms with Gasteiger partial charge in [0.1, 0.15) is 0 Å². The fraction of sp³-hybridized carbons (Fsp3) is 0.421. The Hall–Kier alpha value is -3.23. The van der Waals surface area contributed by atoms with E-state index >= 15 is 0 Å². The minimum absolute atomic E-state index is 0.00169. The third-order valence-electron chi connectivity index (χ3n) is 4.37. The molecule has 28 heavy (non-hydrogen) atoms. The number of aryl methyl sites for hydroxylation is 1. The molecule has 2 amide bonds. The molecule has 2 aromatic rings. The number of hydrazine groups is 1. The number of aromatic nitrogens is 3. The molecule has 2 heterocycles. The number of carbonyl (C=O) groups is 3. The quantitative estimate of drug-likeness (QED) is 0.699. The predicted octanol–water partition coefficient (Wildman–Crippen LogP) is 1.51. The molecule has 0 spiro atoms. The lowest BCUT2D eigenvalue weighted by molar-refractivity contribution is -0.148. The van der Waals surface area contributed by atoms with E-state index in [2.05, 4.69) is 10.2 Å². The Kier molecular flexibility index (Phi) is 6.03. The van der Waals surface area contributed by atoms with Crippen molar-refractivity contribution in [1.82, 2.24) is 25.0 Å². The minimum atomic E-state index is -0.422. The van der Waals surface area contributed by atoms with Crippen LogP contribution >= 0.6 is 0 Å². The molecule has 0 N–H and O–H groups in total. The molecule has 9 heteroatoms. The lowest BCUT2D eigenvalue weighted by Crippen LogP contribution is -2.45. The first-order chi connectivity index (χ1) is 13.5. The van der Waals surface area contributed by atoms with Crippen LogP contribution in [0.1, 0.15) is 42.4 Å². The molecule has 0 unspecified atom stereocenters. The first-order valence-electron chi connectivity index (χ1n) is 9.28. The Bertz CT molecular complexity index is 864. The van der Waals surface area contributed by atoms with Crippen LogP contribution in [-0.2, 0) is 14.3 Å². The second kappa shape index (κ2) is 8.64. The van der Waals surface area contributed by atoms with Gasteiger partial charge in [-0.05, 0) is 32.4 Å². The van der Waals surface area contributed by atoms with Crippen molar-refractivity contribution < 1.29 is 19.1 Å². The molecule has 0 atom stereocenters. The number of carbonyl (C=O) groups excluding carboxylic acids is 3. The number of rotatable bonds is 6. The van der Waals surface area contributed by atoms with Crippen molar-refractivity contribution in [2.75, 3.05) is 19.7 Å². The standard InChI is InChI=1S/C19H23N5O4/c1-3-28-17(26)11-10-16(25)22-12-7-13-23(22)19(27)18-14(2)20-24(21-18)15-8-5-4-6-9-15/h4-6,8-9H,3,7,10-13H2,1-2H3. The van der Waals surface area contributed by atoms with Gasteiger partial charge in [0.15, 0.2) is 5.69 Å². The molecule has 0 radical (unpaired) electrons. The molecule has 1 fully saturated rings. The molecule has 0 bridgehead atoms. The lowest BCUT2D eigenvalue weighted by Gasteiger charge is -2.27. The summed E-state index contributed by atoms with van der Waals surface area (Å²) in [5.41, 5.74) is 1.43. The van der Waals surface area contributed by atoms with Gasteiger partial charge in [-0.25, -0.2) is 5.01 Å². The predicted molar refractivity (Wildman–Crippen MR) is 99.3 cm³/mol. The summed E-state index contributed by atoms with van der Waals surface area (Å²) >= 11 is 0. The van der Waals surface area contributed by atoms with E-state index in [1.807, 2.05) is 30.3 Å². The van der Waals surface area contributed by atoms with Crippen molar-refractivity contribution >= 4 is 17.8 Å². The van der Waals surface area contributed by atoms with Crippen LogP contribution in [-0.4, -0.2) is 62.5 Å². The van der Waals surface area contributed by atoms with E-state index in [9.17, 15) is 14.4 Å². The summed E-state index contributed by atoms with van der Waals surface area (Å²) in [6.45, 7) is 4.55. The average Bonchev–Trinajstić information content (AvgIpc) is 3.33. The maximum atomic E-state index is 13.0. The van der Waals surface area contributed by atoms with Crippen LogP contribution in [0.4, 0.5) is 0 Å². The van der Waals surface area contributed by atoms with Crippen LogP contribution in [0, 0.1) is 6.92 Å². The highest BCUT2D eigenvalue weighted by atomic mass is 16.5. The Morgan fingerprint density at radius 1 is 1.04 bits per heavy atom. The van der Waals surface area contributed by atoms with Crippen molar-refractivity contribution in [2.45, 2.75) is 33.1 Å². The highest BCUT2D eigenvalue weighted by Crippen LogP contribution is 2.18. The maximum absolute atomic E-state index is 13.0. The van der Waals surface area contributed by atoms with E-state index in [0.717, 1.165) is 5.69 Å². The number of hydrogen-bond acceptors (Lipinski definition) is 6. The van der Waals surface area contributed by atoms with Gasteiger partial charge in [0.25, 0.3) is 5.91 Å². The molecule has 9 nitrogen and oxygen atoms in total. The van der Waals surface area contributed by atoms with Gasteiger partial charge >= 0.3 is 5.97 Å². The van der Waals surface area contributed by atoms with Crippen LogP contribution in [0.15, 0.2) is 30.3 Å². The SMILES string of the molecule is CCOC(=O)CCC(=O)N1CCCN1C(=O)c1nn(-c2ccccc2)nc1C. The van der Waals surface area contributed by atoms with Gasteiger partial charge in [0, 0.05) is 19.5 Å². The van der Waals surface area contributed by atoms with Crippen LogP contribution < -0.4 is 0 Å². The van der Waals surface area contributed by atoms with Gasteiger partial charge in [-0.3, -0.25) is 19.4 Å². The summed E-state index contributed by atoms with van der Waals surface area (Å²) in [4.78, 5) is 38.4. The number of hydrogen-bond donors (Lipinski definition) is 0. The van der Waals surface area contributed by atoms with Gasteiger partial charge < -0.3 is 4.74 Å². The van der Waals surface area contributed by atoms with Crippen LogP contribution in [0.3, 0.4) is 0 Å².